The van der Waals surface area contributed by atoms with E-state index < -0.39 is 0 Å². The Kier molecular flexibility index (Phi) is 4.64. The van der Waals surface area contributed by atoms with Gasteiger partial charge in [-0.2, -0.15) is 0 Å². The van der Waals surface area contributed by atoms with Crippen LogP contribution in [0.1, 0.15) is 11.1 Å². The normalized spacial score (nSPS) is 10.3. The molecule has 0 saturated carbocycles. The summed E-state index contributed by atoms with van der Waals surface area (Å²) < 4.78 is 0. The van der Waals surface area contributed by atoms with Gasteiger partial charge < -0.3 is 10.6 Å². The van der Waals surface area contributed by atoms with Crippen LogP contribution in [0.4, 0.5) is 5.69 Å². The van der Waals surface area contributed by atoms with E-state index in [0.29, 0.717) is 23.7 Å². The summed E-state index contributed by atoms with van der Waals surface area (Å²) in [5, 5.41) is 0.644. The molecule has 1 amide bonds. The number of nitrogen functional groups attached to an aromatic ring is 1. The van der Waals surface area contributed by atoms with Crippen molar-refractivity contribution in [2.24, 2.45) is 0 Å². The van der Waals surface area contributed by atoms with Gasteiger partial charge in [-0.05, 0) is 29.3 Å². The van der Waals surface area contributed by atoms with Crippen LogP contribution in [0.15, 0.2) is 48.5 Å². The highest BCUT2D eigenvalue weighted by Gasteiger charge is 2.11. The van der Waals surface area contributed by atoms with Crippen LogP contribution in [0.3, 0.4) is 0 Å². The zero-order valence-corrected chi connectivity index (χ0v) is 12.1. The number of benzene rings is 2. The van der Waals surface area contributed by atoms with Crippen molar-refractivity contribution in [3.63, 3.8) is 0 Å². The first kappa shape index (κ1) is 14.4. The number of nitrogens with two attached hydrogens (primary N) is 1. The van der Waals surface area contributed by atoms with Gasteiger partial charge in [0.1, 0.15) is 0 Å². The fourth-order valence-electron chi connectivity index (χ4n) is 1.98. The third kappa shape index (κ3) is 3.75. The van der Waals surface area contributed by atoms with Crippen molar-refractivity contribution >= 4 is 23.2 Å². The van der Waals surface area contributed by atoms with Crippen LogP contribution >= 0.6 is 11.6 Å². The Morgan fingerprint density at radius 2 is 1.95 bits per heavy atom. The Balaban J connectivity index is 2.01. The zero-order chi connectivity index (χ0) is 14.5. The number of hydrogen-bond acceptors (Lipinski definition) is 2. The van der Waals surface area contributed by atoms with E-state index in [0.717, 1.165) is 11.1 Å². The minimum absolute atomic E-state index is 0.0375. The summed E-state index contributed by atoms with van der Waals surface area (Å²) in [6.07, 6.45) is 0.337. The van der Waals surface area contributed by atoms with E-state index in [9.17, 15) is 4.79 Å². The van der Waals surface area contributed by atoms with Gasteiger partial charge in [-0.1, -0.05) is 41.9 Å². The average Bonchev–Trinajstić information content (AvgIpc) is 2.41. The molecule has 0 bridgehead atoms. The molecule has 0 aromatic heterocycles. The highest BCUT2D eigenvalue weighted by atomic mass is 35.5. The van der Waals surface area contributed by atoms with Crippen molar-refractivity contribution in [1.29, 1.82) is 0 Å². The molecule has 2 rings (SSSR count). The molecule has 0 saturated heterocycles. The average molecular weight is 289 g/mol. The fourth-order valence-corrected chi connectivity index (χ4v) is 2.19. The third-order valence-electron chi connectivity index (χ3n) is 3.13. The monoisotopic (exact) mass is 288 g/mol. The first-order chi connectivity index (χ1) is 9.56. The van der Waals surface area contributed by atoms with Gasteiger partial charge in [0.05, 0.1) is 6.42 Å². The molecule has 2 N–H and O–H groups in total. The summed E-state index contributed by atoms with van der Waals surface area (Å²) in [5.41, 5.74) is 8.46. The summed E-state index contributed by atoms with van der Waals surface area (Å²) in [4.78, 5) is 13.9. The van der Waals surface area contributed by atoms with Crippen LogP contribution in [-0.2, 0) is 17.8 Å². The number of carbonyl (C=O) groups is 1. The van der Waals surface area contributed by atoms with E-state index in [1.165, 1.54) is 0 Å². The number of amides is 1. The second-order valence-electron chi connectivity index (χ2n) is 4.76. The molecular formula is C16H17ClN2O. The molecule has 0 spiro atoms. The maximum Gasteiger partial charge on any atom is 0.227 e. The van der Waals surface area contributed by atoms with Crippen molar-refractivity contribution in [3.8, 4) is 0 Å². The van der Waals surface area contributed by atoms with Gasteiger partial charge in [-0.3, -0.25) is 4.79 Å². The summed E-state index contributed by atoms with van der Waals surface area (Å²) in [7, 11) is 1.78. The Morgan fingerprint density at radius 3 is 2.65 bits per heavy atom. The number of rotatable bonds is 4. The van der Waals surface area contributed by atoms with E-state index in [1.807, 2.05) is 42.5 Å². The predicted molar refractivity (Wildman–Crippen MR) is 82.5 cm³/mol. The Bertz CT molecular complexity index is 613. The van der Waals surface area contributed by atoms with Crippen molar-refractivity contribution in [2.45, 2.75) is 13.0 Å². The molecule has 0 unspecified atom stereocenters. The predicted octanol–water partition coefficient (Wildman–Crippen LogP) is 3.12. The van der Waals surface area contributed by atoms with Crippen LogP contribution in [0.2, 0.25) is 5.02 Å². The quantitative estimate of drug-likeness (QED) is 0.879. The molecule has 20 heavy (non-hydrogen) atoms. The number of hydrogen-bond donors (Lipinski definition) is 1. The number of anilines is 1. The van der Waals surface area contributed by atoms with Gasteiger partial charge in [0, 0.05) is 24.3 Å². The third-order valence-corrected chi connectivity index (χ3v) is 3.37. The summed E-state index contributed by atoms with van der Waals surface area (Å²) in [5.74, 6) is 0.0375. The molecule has 0 atom stereocenters. The molecule has 2 aromatic carbocycles. The van der Waals surface area contributed by atoms with E-state index >= 15 is 0 Å². The molecule has 0 heterocycles. The number of carbonyl (C=O) groups excluding carboxylic acids is 1. The van der Waals surface area contributed by atoms with E-state index in [-0.39, 0.29) is 5.91 Å². The van der Waals surface area contributed by atoms with Gasteiger partial charge in [0.25, 0.3) is 0 Å². The van der Waals surface area contributed by atoms with Gasteiger partial charge in [-0.15, -0.1) is 0 Å². The Morgan fingerprint density at radius 1 is 1.20 bits per heavy atom. The molecule has 3 nitrogen and oxygen atoms in total. The highest BCUT2D eigenvalue weighted by molar-refractivity contribution is 6.30. The number of para-hydroxylation sites is 1. The fraction of sp³-hybridized carbons (Fsp3) is 0.188. The second kappa shape index (κ2) is 6.44. The lowest BCUT2D eigenvalue weighted by atomic mass is 10.1. The molecule has 0 radical (unpaired) electrons. The van der Waals surface area contributed by atoms with Crippen LogP contribution in [0.25, 0.3) is 0 Å². The minimum Gasteiger partial charge on any atom is -0.398 e. The first-order valence-electron chi connectivity index (χ1n) is 6.38. The van der Waals surface area contributed by atoms with Crippen molar-refractivity contribution < 1.29 is 4.79 Å². The molecule has 2 aromatic rings. The minimum atomic E-state index is 0.0375. The molecule has 4 heteroatoms. The zero-order valence-electron chi connectivity index (χ0n) is 11.3. The summed E-state index contributed by atoms with van der Waals surface area (Å²) >= 11 is 5.92. The lowest BCUT2D eigenvalue weighted by Crippen LogP contribution is -2.28. The number of halogens is 1. The Hall–Kier alpha value is -2.00. The van der Waals surface area contributed by atoms with Crippen LogP contribution in [0, 0.1) is 0 Å². The summed E-state index contributed by atoms with van der Waals surface area (Å²) in [6, 6.07) is 14.9. The topological polar surface area (TPSA) is 46.3 Å². The van der Waals surface area contributed by atoms with E-state index in [2.05, 4.69) is 0 Å². The molecule has 0 aliphatic rings. The van der Waals surface area contributed by atoms with Crippen LogP contribution in [0.5, 0.6) is 0 Å². The highest BCUT2D eigenvalue weighted by Crippen LogP contribution is 2.15. The van der Waals surface area contributed by atoms with Crippen molar-refractivity contribution in [3.05, 3.63) is 64.7 Å². The van der Waals surface area contributed by atoms with Crippen molar-refractivity contribution in [1.82, 2.24) is 4.90 Å². The number of likely N-dealkylation sites (N-methyl/N-ethyl adjacent to an activating group) is 1. The SMILES string of the molecule is CN(Cc1ccccc1N)C(=O)Cc1cccc(Cl)c1. The maximum atomic E-state index is 12.2. The number of nitrogens with zero attached hydrogens (tertiary/aromatic N) is 1. The van der Waals surface area contributed by atoms with Gasteiger partial charge in [0.15, 0.2) is 0 Å². The second-order valence-corrected chi connectivity index (χ2v) is 5.19. The lowest BCUT2D eigenvalue weighted by molar-refractivity contribution is -0.129. The molecule has 0 aliphatic carbocycles. The van der Waals surface area contributed by atoms with Gasteiger partial charge in [0.2, 0.25) is 5.91 Å². The van der Waals surface area contributed by atoms with Crippen LogP contribution < -0.4 is 5.73 Å². The smallest absolute Gasteiger partial charge is 0.227 e. The van der Waals surface area contributed by atoms with E-state index in [4.69, 9.17) is 17.3 Å². The summed E-state index contributed by atoms with van der Waals surface area (Å²) in [6.45, 7) is 0.506. The largest absolute Gasteiger partial charge is 0.398 e. The Labute approximate surface area is 124 Å². The lowest BCUT2D eigenvalue weighted by Gasteiger charge is -2.18. The van der Waals surface area contributed by atoms with Crippen molar-refractivity contribution in [2.75, 3.05) is 12.8 Å². The molecule has 104 valence electrons. The standard InChI is InChI=1S/C16H17ClN2O/c1-19(11-13-6-2-3-8-15(13)18)16(20)10-12-5-4-7-14(17)9-12/h2-9H,10-11,18H2,1H3. The maximum absolute atomic E-state index is 12.2. The molecule has 0 aliphatic heterocycles. The van der Waals surface area contributed by atoms with Crippen LogP contribution in [-0.4, -0.2) is 17.9 Å². The first-order valence-corrected chi connectivity index (χ1v) is 6.76. The molecular weight excluding hydrogens is 272 g/mol. The van der Waals surface area contributed by atoms with E-state index in [1.54, 1.807) is 18.0 Å². The van der Waals surface area contributed by atoms with Gasteiger partial charge >= 0.3 is 0 Å². The molecule has 0 fully saturated rings. The van der Waals surface area contributed by atoms with Gasteiger partial charge in [-0.25, -0.2) is 0 Å².